The van der Waals surface area contributed by atoms with Crippen molar-refractivity contribution >= 4 is 49.5 Å². The lowest BCUT2D eigenvalue weighted by Gasteiger charge is -1.99. The second-order valence-electron chi connectivity index (χ2n) is 4.52. The summed E-state index contributed by atoms with van der Waals surface area (Å²) in [6, 6.07) is 14.6. The molecule has 1 aromatic heterocycles. The van der Waals surface area contributed by atoms with Crippen molar-refractivity contribution in [2.75, 3.05) is 0 Å². The first kappa shape index (κ1) is 14.7. The largest absolute Gasteiger partial charge is 0.506 e. The molecule has 3 rings (SSSR count). The molecule has 0 aliphatic heterocycles. The molecule has 2 N–H and O–H groups in total. The number of fused-ring (bicyclic) bond motifs is 1. The van der Waals surface area contributed by atoms with Gasteiger partial charge in [0.15, 0.2) is 0 Å². The first-order chi connectivity index (χ1) is 10.6. The fourth-order valence-electron chi connectivity index (χ4n) is 1.98. The lowest BCUT2D eigenvalue weighted by Crippen LogP contribution is -2.17. The summed E-state index contributed by atoms with van der Waals surface area (Å²) in [6.45, 7) is 0. The van der Waals surface area contributed by atoms with Crippen LogP contribution >= 0.6 is 27.3 Å². The van der Waals surface area contributed by atoms with Crippen LogP contribution in [0.3, 0.4) is 0 Å². The van der Waals surface area contributed by atoms with Crippen molar-refractivity contribution in [2.24, 2.45) is 5.10 Å². The minimum Gasteiger partial charge on any atom is -0.506 e. The maximum Gasteiger partial charge on any atom is 0.271 e. The molecule has 3 aromatic rings. The summed E-state index contributed by atoms with van der Waals surface area (Å²) in [4.78, 5) is 12.5. The summed E-state index contributed by atoms with van der Waals surface area (Å²) in [6.07, 6.45) is 1.45. The van der Waals surface area contributed by atoms with Gasteiger partial charge >= 0.3 is 0 Å². The normalized spacial score (nSPS) is 11.1. The van der Waals surface area contributed by atoms with E-state index in [0.29, 0.717) is 10.4 Å². The molecule has 0 saturated carbocycles. The Balaban J connectivity index is 1.76. The third kappa shape index (κ3) is 3.03. The molecule has 110 valence electrons. The van der Waals surface area contributed by atoms with Crippen LogP contribution in [0.5, 0.6) is 5.75 Å². The number of nitrogens with zero attached hydrogens (tertiary/aromatic N) is 1. The molecule has 0 saturated heterocycles. The van der Waals surface area contributed by atoms with E-state index in [0.717, 1.165) is 14.6 Å². The number of hydrogen-bond donors (Lipinski definition) is 2. The lowest BCUT2D eigenvalue weighted by molar-refractivity contribution is 0.0955. The molecule has 0 unspecified atom stereocenters. The predicted octanol–water partition coefficient (Wildman–Crippen LogP) is 4.13. The standard InChI is InChI=1S/C16H11BrN2O2S/c17-11-5-3-4-10(8-11)16(21)19-18-9-14-15(20)12-6-1-2-7-13(12)22-14/h1-9,20H,(H,19,21)/b18-9-. The van der Waals surface area contributed by atoms with Crippen molar-refractivity contribution < 1.29 is 9.90 Å². The molecule has 0 radical (unpaired) electrons. The van der Waals surface area contributed by atoms with Crippen molar-refractivity contribution in [1.82, 2.24) is 5.43 Å². The Hall–Kier alpha value is -2.18. The Labute approximate surface area is 139 Å². The summed E-state index contributed by atoms with van der Waals surface area (Å²) >= 11 is 4.73. The third-order valence-corrected chi connectivity index (χ3v) is 4.62. The van der Waals surface area contributed by atoms with Gasteiger partial charge in [-0.05, 0) is 30.3 Å². The number of aromatic hydroxyl groups is 1. The molecular formula is C16H11BrN2O2S. The highest BCUT2D eigenvalue weighted by Gasteiger charge is 2.09. The van der Waals surface area contributed by atoms with Gasteiger partial charge in [0.05, 0.1) is 11.1 Å². The van der Waals surface area contributed by atoms with Gasteiger partial charge in [-0.2, -0.15) is 5.10 Å². The van der Waals surface area contributed by atoms with Crippen molar-refractivity contribution in [3.05, 3.63) is 63.4 Å². The highest BCUT2D eigenvalue weighted by atomic mass is 79.9. The van der Waals surface area contributed by atoms with Crippen LogP contribution in [0.4, 0.5) is 0 Å². The van der Waals surface area contributed by atoms with Crippen molar-refractivity contribution in [3.63, 3.8) is 0 Å². The average molecular weight is 375 g/mol. The van der Waals surface area contributed by atoms with Gasteiger partial charge in [0.2, 0.25) is 0 Å². The molecule has 2 aromatic carbocycles. The predicted molar refractivity (Wildman–Crippen MR) is 92.7 cm³/mol. The highest BCUT2D eigenvalue weighted by Crippen LogP contribution is 2.35. The topological polar surface area (TPSA) is 61.7 Å². The molecule has 22 heavy (non-hydrogen) atoms. The van der Waals surface area contributed by atoms with E-state index in [-0.39, 0.29) is 11.7 Å². The van der Waals surface area contributed by atoms with Crippen LogP contribution in [0.2, 0.25) is 0 Å². The van der Waals surface area contributed by atoms with Gasteiger partial charge in [-0.3, -0.25) is 4.79 Å². The molecule has 1 amide bonds. The van der Waals surface area contributed by atoms with Crippen LogP contribution < -0.4 is 5.43 Å². The van der Waals surface area contributed by atoms with E-state index in [4.69, 9.17) is 0 Å². The summed E-state index contributed by atoms with van der Waals surface area (Å²) in [5.41, 5.74) is 2.96. The summed E-state index contributed by atoms with van der Waals surface area (Å²) < 4.78 is 1.80. The van der Waals surface area contributed by atoms with E-state index in [2.05, 4.69) is 26.5 Å². The number of carbonyl (C=O) groups is 1. The van der Waals surface area contributed by atoms with Crippen molar-refractivity contribution in [2.45, 2.75) is 0 Å². The first-order valence-corrected chi connectivity index (χ1v) is 8.05. The molecule has 0 aliphatic rings. The summed E-state index contributed by atoms with van der Waals surface area (Å²) in [5.74, 6) is -0.126. The van der Waals surface area contributed by atoms with Crippen LogP contribution in [0.1, 0.15) is 15.2 Å². The molecule has 1 heterocycles. The molecule has 4 nitrogen and oxygen atoms in total. The van der Waals surface area contributed by atoms with E-state index in [9.17, 15) is 9.90 Å². The van der Waals surface area contributed by atoms with Gasteiger partial charge in [-0.15, -0.1) is 11.3 Å². The van der Waals surface area contributed by atoms with Gasteiger partial charge < -0.3 is 5.11 Å². The maximum atomic E-state index is 11.9. The van der Waals surface area contributed by atoms with Gasteiger partial charge in [0.25, 0.3) is 5.91 Å². The highest BCUT2D eigenvalue weighted by molar-refractivity contribution is 9.10. The second kappa shape index (κ2) is 6.29. The summed E-state index contributed by atoms with van der Waals surface area (Å²) in [7, 11) is 0. The Morgan fingerprint density at radius 3 is 2.82 bits per heavy atom. The van der Waals surface area contributed by atoms with E-state index >= 15 is 0 Å². The van der Waals surface area contributed by atoms with Crippen molar-refractivity contribution in [3.8, 4) is 5.75 Å². The smallest absolute Gasteiger partial charge is 0.271 e. The van der Waals surface area contributed by atoms with E-state index in [1.807, 2.05) is 30.3 Å². The van der Waals surface area contributed by atoms with E-state index in [1.54, 1.807) is 18.2 Å². The molecule has 0 spiro atoms. The summed E-state index contributed by atoms with van der Waals surface area (Å²) in [5, 5.41) is 14.8. The Morgan fingerprint density at radius 1 is 1.23 bits per heavy atom. The van der Waals surface area contributed by atoms with Crippen LogP contribution in [0.15, 0.2) is 58.1 Å². The SMILES string of the molecule is O=C(N/N=C\c1sc2ccccc2c1O)c1cccc(Br)c1. The minimum atomic E-state index is -0.307. The number of halogens is 1. The monoisotopic (exact) mass is 374 g/mol. The van der Waals surface area contributed by atoms with E-state index in [1.165, 1.54) is 17.6 Å². The number of thiophene rings is 1. The number of hydrogen-bond acceptors (Lipinski definition) is 4. The van der Waals surface area contributed by atoms with Gasteiger partial charge in [-0.25, -0.2) is 5.43 Å². The Bertz CT molecular complexity index is 873. The minimum absolute atomic E-state index is 0.182. The number of rotatable bonds is 3. The fourth-order valence-corrected chi connectivity index (χ4v) is 3.35. The zero-order chi connectivity index (χ0) is 15.5. The zero-order valence-corrected chi connectivity index (χ0v) is 13.7. The quantitative estimate of drug-likeness (QED) is 0.534. The molecule has 0 bridgehead atoms. The van der Waals surface area contributed by atoms with Gasteiger partial charge in [-0.1, -0.05) is 34.1 Å². The first-order valence-electron chi connectivity index (χ1n) is 6.44. The third-order valence-electron chi connectivity index (χ3n) is 3.03. The number of nitrogens with one attached hydrogen (secondary N) is 1. The number of hydrazone groups is 1. The van der Waals surface area contributed by atoms with Crippen LogP contribution in [-0.4, -0.2) is 17.2 Å². The Morgan fingerprint density at radius 2 is 2.05 bits per heavy atom. The Kier molecular flexibility index (Phi) is 4.22. The molecule has 0 aliphatic carbocycles. The van der Waals surface area contributed by atoms with Crippen LogP contribution in [0.25, 0.3) is 10.1 Å². The van der Waals surface area contributed by atoms with Crippen LogP contribution in [0, 0.1) is 0 Å². The van der Waals surface area contributed by atoms with Crippen molar-refractivity contribution in [1.29, 1.82) is 0 Å². The number of benzene rings is 2. The van der Waals surface area contributed by atoms with Crippen LogP contribution in [-0.2, 0) is 0 Å². The number of carbonyl (C=O) groups excluding carboxylic acids is 1. The second-order valence-corrected chi connectivity index (χ2v) is 6.52. The fraction of sp³-hybridized carbons (Fsp3) is 0. The maximum absolute atomic E-state index is 11.9. The lowest BCUT2D eigenvalue weighted by atomic mass is 10.2. The van der Waals surface area contributed by atoms with Gasteiger partial charge in [0.1, 0.15) is 5.75 Å². The van der Waals surface area contributed by atoms with Gasteiger partial charge in [0, 0.05) is 20.1 Å². The molecule has 0 fully saturated rings. The number of amides is 1. The zero-order valence-electron chi connectivity index (χ0n) is 11.3. The average Bonchev–Trinajstić information content (AvgIpc) is 2.84. The molecule has 0 atom stereocenters. The molecule has 6 heteroatoms. The molecular weight excluding hydrogens is 364 g/mol. The van der Waals surface area contributed by atoms with E-state index < -0.39 is 0 Å².